The Labute approximate surface area is 247 Å². The molecular formula is C30H35FN8O4. The molecule has 4 aromatic rings. The second-order valence-electron chi connectivity index (χ2n) is 10.6. The zero-order valence-electron chi connectivity index (χ0n) is 24.3. The number of primary amides is 1. The number of halogens is 1. The highest BCUT2D eigenvalue weighted by Gasteiger charge is 2.27. The molecule has 5 rings (SSSR count). The van der Waals surface area contributed by atoms with E-state index >= 15 is 0 Å². The molecule has 1 aliphatic heterocycles. The summed E-state index contributed by atoms with van der Waals surface area (Å²) >= 11 is 0. The van der Waals surface area contributed by atoms with Crippen LogP contribution in [0.15, 0.2) is 42.6 Å². The van der Waals surface area contributed by atoms with Gasteiger partial charge in [0.15, 0.2) is 0 Å². The number of hydrogen-bond donors (Lipinski definition) is 4. The van der Waals surface area contributed by atoms with Crippen molar-refractivity contribution in [1.82, 2.24) is 29.9 Å². The molecule has 0 bridgehead atoms. The molecule has 1 unspecified atom stereocenters. The highest BCUT2D eigenvalue weighted by molar-refractivity contribution is 6.07. The largest absolute Gasteiger partial charge is 0.496 e. The number of benzene rings is 2. The minimum atomic E-state index is -0.690. The molecule has 0 aliphatic carbocycles. The maximum atomic E-state index is 13.8. The number of hydrogen-bond acceptors (Lipinski definition) is 7. The van der Waals surface area contributed by atoms with Crippen LogP contribution in [0.25, 0.3) is 22.2 Å². The number of ether oxygens (including phenoxy) is 1. The van der Waals surface area contributed by atoms with E-state index in [-0.39, 0.29) is 41.2 Å². The summed E-state index contributed by atoms with van der Waals surface area (Å²) in [7, 11) is 1.41. The van der Waals surface area contributed by atoms with Gasteiger partial charge >= 0.3 is 0 Å². The van der Waals surface area contributed by atoms with Crippen LogP contribution in [0, 0.1) is 5.82 Å². The first-order valence-corrected chi connectivity index (χ1v) is 14.0. The average Bonchev–Trinajstić information content (AvgIpc) is 3.61. The van der Waals surface area contributed by atoms with Crippen molar-refractivity contribution in [1.29, 1.82) is 0 Å². The molecule has 1 fully saturated rings. The summed E-state index contributed by atoms with van der Waals surface area (Å²) in [6.07, 6.45) is 1.75. The van der Waals surface area contributed by atoms with Gasteiger partial charge in [-0.05, 0) is 36.8 Å². The van der Waals surface area contributed by atoms with Crippen molar-refractivity contribution in [3.8, 4) is 17.0 Å². The lowest BCUT2D eigenvalue weighted by molar-refractivity contribution is -0.130. The van der Waals surface area contributed by atoms with Crippen molar-refractivity contribution in [2.75, 3.05) is 45.6 Å². The van der Waals surface area contributed by atoms with Crippen molar-refractivity contribution in [3.63, 3.8) is 0 Å². The fourth-order valence-electron chi connectivity index (χ4n) is 5.61. The van der Waals surface area contributed by atoms with Gasteiger partial charge in [0.05, 0.1) is 24.2 Å². The summed E-state index contributed by atoms with van der Waals surface area (Å²) in [4.78, 5) is 44.4. The van der Waals surface area contributed by atoms with Crippen LogP contribution in [-0.2, 0) is 11.3 Å². The molecule has 3 heterocycles. The highest BCUT2D eigenvalue weighted by Crippen LogP contribution is 2.35. The number of nitrogens with zero attached hydrogens (tertiary/aromatic N) is 4. The molecular weight excluding hydrogens is 555 g/mol. The van der Waals surface area contributed by atoms with Gasteiger partial charge in [0.25, 0.3) is 11.8 Å². The fourth-order valence-corrected chi connectivity index (χ4v) is 5.61. The van der Waals surface area contributed by atoms with Crippen molar-refractivity contribution in [2.45, 2.75) is 26.4 Å². The second kappa shape index (κ2) is 12.1. The number of fused-ring (bicyclic) bond motifs is 1. The summed E-state index contributed by atoms with van der Waals surface area (Å²) in [5, 5.41) is 8.35. The zero-order chi connectivity index (χ0) is 30.8. The highest BCUT2D eigenvalue weighted by atomic mass is 19.1. The van der Waals surface area contributed by atoms with Crippen LogP contribution >= 0.6 is 0 Å². The van der Waals surface area contributed by atoms with Gasteiger partial charge in [-0.3, -0.25) is 19.3 Å². The molecule has 43 heavy (non-hydrogen) atoms. The number of piperazine rings is 1. The van der Waals surface area contributed by atoms with E-state index in [4.69, 9.17) is 21.3 Å². The minimum Gasteiger partial charge on any atom is -0.496 e. The second-order valence-corrected chi connectivity index (χ2v) is 10.6. The quantitative estimate of drug-likeness (QED) is 0.233. The van der Waals surface area contributed by atoms with Crippen molar-refractivity contribution in [3.05, 3.63) is 65.1 Å². The van der Waals surface area contributed by atoms with Crippen LogP contribution in [0.4, 0.5) is 10.2 Å². The number of nitrogen functional groups attached to an aromatic ring is 1. The standard InChI is InChI=1S/C30H35FN8O4/c1-17(16-37-10-12-38(13-11-37)18(2)40)39-28(32)25(29(33)41)27(36-39)21-6-4-19(26-22(21)8-9-34-26)15-35-30(42)23-14-20(31)5-7-24(23)43-3/h4-9,14,17,34H,10-13,15-16,32H2,1-3H3,(H2,33,41)(H,35,42). The number of carbonyl (C=O) groups is 3. The Morgan fingerprint density at radius 3 is 2.56 bits per heavy atom. The Bertz CT molecular complexity index is 1690. The maximum absolute atomic E-state index is 13.8. The molecule has 3 amide bonds. The number of methoxy groups -OCH3 is 1. The molecule has 2 aromatic carbocycles. The number of anilines is 1. The third-order valence-electron chi connectivity index (χ3n) is 7.86. The Kier molecular flexibility index (Phi) is 8.35. The number of carbonyl (C=O) groups excluding carboxylic acids is 3. The van der Waals surface area contributed by atoms with E-state index in [2.05, 4.69) is 15.2 Å². The number of H-pyrrole nitrogens is 1. The predicted molar refractivity (Wildman–Crippen MR) is 160 cm³/mol. The Morgan fingerprint density at radius 1 is 1.14 bits per heavy atom. The van der Waals surface area contributed by atoms with Crippen molar-refractivity contribution in [2.24, 2.45) is 5.73 Å². The Balaban J connectivity index is 1.40. The predicted octanol–water partition coefficient (Wildman–Crippen LogP) is 2.52. The van der Waals surface area contributed by atoms with Crippen LogP contribution in [0.2, 0.25) is 0 Å². The lowest BCUT2D eigenvalue weighted by atomic mass is 10.00. The van der Waals surface area contributed by atoms with Gasteiger partial charge in [0.1, 0.15) is 28.6 Å². The van der Waals surface area contributed by atoms with Crippen molar-refractivity contribution < 1.29 is 23.5 Å². The van der Waals surface area contributed by atoms with Gasteiger partial charge in [-0.15, -0.1) is 0 Å². The molecule has 0 radical (unpaired) electrons. The number of nitrogens with one attached hydrogen (secondary N) is 2. The van der Waals surface area contributed by atoms with Gasteiger partial charge in [-0.1, -0.05) is 12.1 Å². The van der Waals surface area contributed by atoms with Gasteiger partial charge in [-0.2, -0.15) is 5.10 Å². The van der Waals surface area contributed by atoms with Gasteiger partial charge in [0.2, 0.25) is 5.91 Å². The number of aromatic amines is 1. The molecule has 2 aromatic heterocycles. The molecule has 12 nitrogen and oxygen atoms in total. The topological polar surface area (TPSA) is 165 Å². The van der Waals surface area contributed by atoms with Gasteiger partial charge in [-0.25, -0.2) is 9.07 Å². The summed E-state index contributed by atoms with van der Waals surface area (Å²) in [5.41, 5.74) is 15.0. The number of amides is 3. The number of nitrogens with two attached hydrogens (primary N) is 2. The monoisotopic (exact) mass is 590 g/mol. The maximum Gasteiger partial charge on any atom is 0.255 e. The molecule has 13 heteroatoms. The molecule has 1 saturated heterocycles. The van der Waals surface area contributed by atoms with Crippen LogP contribution in [0.3, 0.4) is 0 Å². The smallest absolute Gasteiger partial charge is 0.255 e. The van der Waals surface area contributed by atoms with Crippen molar-refractivity contribution >= 4 is 34.4 Å². The molecule has 0 spiro atoms. The molecule has 1 atom stereocenters. The minimum absolute atomic E-state index is 0.0658. The van der Waals surface area contributed by atoms with Crippen LogP contribution < -0.4 is 21.5 Å². The normalized spacial score (nSPS) is 14.6. The number of aromatic nitrogens is 3. The first-order chi connectivity index (χ1) is 20.6. The third-order valence-corrected chi connectivity index (χ3v) is 7.86. The van der Waals surface area contributed by atoms with E-state index in [0.717, 1.165) is 35.6 Å². The van der Waals surface area contributed by atoms with E-state index in [9.17, 15) is 18.8 Å². The average molecular weight is 591 g/mol. The first-order valence-electron chi connectivity index (χ1n) is 14.0. The Morgan fingerprint density at radius 2 is 1.88 bits per heavy atom. The lowest BCUT2D eigenvalue weighted by Gasteiger charge is -2.35. The number of rotatable bonds is 9. The van der Waals surface area contributed by atoms with Gasteiger partial charge < -0.3 is 31.4 Å². The SMILES string of the molecule is COc1ccc(F)cc1C(=O)NCc1ccc(-c2nn(C(C)CN3CCN(C(C)=O)CC3)c(N)c2C(N)=O)c2cc[nH]c12. The van der Waals surface area contributed by atoms with Crippen LogP contribution in [0.5, 0.6) is 5.75 Å². The molecule has 226 valence electrons. The summed E-state index contributed by atoms with van der Waals surface area (Å²) < 4.78 is 20.6. The fraction of sp³-hybridized carbons (Fsp3) is 0.333. The molecule has 1 aliphatic rings. The summed E-state index contributed by atoms with van der Waals surface area (Å²) in [6, 6.07) is 9.05. The summed E-state index contributed by atoms with van der Waals surface area (Å²) in [5.74, 6) is -1.21. The molecule has 6 N–H and O–H groups in total. The van der Waals surface area contributed by atoms with E-state index in [1.165, 1.54) is 19.2 Å². The van der Waals surface area contributed by atoms with E-state index in [1.54, 1.807) is 17.8 Å². The Hall–Kier alpha value is -4.91. The summed E-state index contributed by atoms with van der Waals surface area (Å²) in [6.45, 7) is 7.09. The van der Waals surface area contributed by atoms with Gasteiger partial charge in [0, 0.05) is 63.3 Å². The zero-order valence-corrected chi connectivity index (χ0v) is 24.3. The molecule has 0 saturated carbocycles. The van der Waals surface area contributed by atoms with E-state index in [0.29, 0.717) is 30.9 Å². The van der Waals surface area contributed by atoms with E-state index < -0.39 is 17.6 Å². The lowest BCUT2D eigenvalue weighted by Crippen LogP contribution is -2.49. The third kappa shape index (κ3) is 5.89. The first kappa shape index (κ1) is 29.6. The van der Waals surface area contributed by atoms with Crippen LogP contribution in [-0.4, -0.2) is 82.1 Å². The van der Waals surface area contributed by atoms with Crippen LogP contribution in [0.1, 0.15) is 46.2 Å². The van der Waals surface area contributed by atoms with E-state index in [1.807, 2.05) is 30.0 Å².